The van der Waals surface area contributed by atoms with E-state index in [0.717, 1.165) is 28.3 Å². The molecule has 0 bridgehead atoms. The highest BCUT2D eigenvalue weighted by Gasteiger charge is 2.17. The number of fused-ring (bicyclic) bond motifs is 1. The Bertz CT molecular complexity index is 1120. The summed E-state index contributed by atoms with van der Waals surface area (Å²) < 4.78 is 33.8. The first-order valence-electron chi connectivity index (χ1n) is 8.01. The lowest BCUT2D eigenvalue weighted by molar-refractivity contribution is 0.0473. The standard InChI is InChI=1S/C20H17ClO5S/c1-25-16-6-5-14-9-13(3-4-15(14)10-16)12-26-20(22)18-11-17(27(2,23)24)7-8-19(18)21/h3-11H,12H2,1-2H3. The molecular formula is C20H17ClO5S. The largest absolute Gasteiger partial charge is 0.497 e. The van der Waals surface area contributed by atoms with Crippen LogP contribution in [0.15, 0.2) is 59.5 Å². The van der Waals surface area contributed by atoms with Gasteiger partial charge < -0.3 is 9.47 Å². The molecule has 3 aromatic rings. The summed E-state index contributed by atoms with van der Waals surface area (Å²) >= 11 is 6.02. The van der Waals surface area contributed by atoms with Crippen LogP contribution in [0.1, 0.15) is 15.9 Å². The zero-order valence-corrected chi connectivity index (χ0v) is 16.3. The summed E-state index contributed by atoms with van der Waals surface area (Å²) in [6.07, 6.45) is 1.06. The first-order valence-corrected chi connectivity index (χ1v) is 10.3. The van der Waals surface area contributed by atoms with Crippen LogP contribution in [0.25, 0.3) is 10.8 Å². The number of halogens is 1. The summed E-state index contributed by atoms with van der Waals surface area (Å²) in [5, 5.41) is 2.13. The third kappa shape index (κ3) is 4.40. The summed E-state index contributed by atoms with van der Waals surface area (Å²) in [5.74, 6) is 0.0856. The molecule has 0 amide bonds. The number of ether oxygens (including phenoxy) is 2. The molecule has 3 aromatic carbocycles. The molecule has 0 saturated carbocycles. The van der Waals surface area contributed by atoms with Crippen LogP contribution >= 0.6 is 11.6 Å². The lowest BCUT2D eigenvalue weighted by atomic mass is 10.1. The van der Waals surface area contributed by atoms with E-state index in [0.29, 0.717) is 0 Å². The molecule has 0 fully saturated rings. The Morgan fingerprint density at radius 2 is 1.70 bits per heavy atom. The van der Waals surface area contributed by atoms with Crippen molar-refractivity contribution in [3.8, 4) is 5.75 Å². The molecule has 0 saturated heterocycles. The lowest BCUT2D eigenvalue weighted by Crippen LogP contribution is -2.08. The zero-order valence-electron chi connectivity index (χ0n) is 14.7. The van der Waals surface area contributed by atoms with Crippen molar-refractivity contribution in [2.24, 2.45) is 0 Å². The summed E-state index contributed by atoms with van der Waals surface area (Å²) in [7, 11) is -1.84. The second kappa shape index (κ2) is 7.58. The molecule has 0 N–H and O–H groups in total. The fourth-order valence-corrected chi connectivity index (χ4v) is 3.45. The number of esters is 1. The second-order valence-electron chi connectivity index (χ2n) is 6.04. The third-order valence-corrected chi connectivity index (χ3v) is 5.51. The minimum atomic E-state index is -3.45. The second-order valence-corrected chi connectivity index (χ2v) is 8.46. The number of sulfone groups is 1. The van der Waals surface area contributed by atoms with Crippen molar-refractivity contribution in [1.29, 1.82) is 0 Å². The van der Waals surface area contributed by atoms with Gasteiger partial charge in [0.25, 0.3) is 0 Å². The molecule has 140 valence electrons. The topological polar surface area (TPSA) is 69.7 Å². The van der Waals surface area contributed by atoms with Crippen LogP contribution < -0.4 is 4.74 Å². The smallest absolute Gasteiger partial charge is 0.340 e. The molecule has 0 atom stereocenters. The maximum Gasteiger partial charge on any atom is 0.340 e. The van der Waals surface area contributed by atoms with Crippen LogP contribution in [-0.2, 0) is 21.2 Å². The molecule has 7 heteroatoms. The highest BCUT2D eigenvalue weighted by Crippen LogP contribution is 2.24. The van der Waals surface area contributed by atoms with Crippen LogP contribution in [0.4, 0.5) is 0 Å². The Labute approximate surface area is 162 Å². The quantitative estimate of drug-likeness (QED) is 0.594. The molecule has 0 heterocycles. The van der Waals surface area contributed by atoms with Crippen molar-refractivity contribution in [3.63, 3.8) is 0 Å². The molecule has 0 radical (unpaired) electrons. The van der Waals surface area contributed by atoms with Crippen LogP contribution in [0, 0.1) is 0 Å². The number of hydrogen-bond acceptors (Lipinski definition) is 5. The molecule has 5 nitrogen and oxygen atoms in total. The Morgan fingerprint density at radius 3 is 2.41 bits per heavy atom. The minimum Gasteiger partial charge on any atom is -0.497 e. The van der Waals surface area contributed by atoms with Crippen LogP contribution in [0.5, 0.6) is 5.75 Å². The maximum absolute atomic E-state index is 12.3. The number of rotatable bonds is 5. The third-order valence-electron chi connectivity index (χ3n) is 4.07. The first-order chi connectivity index (χ1) is 12.8. The van der Waals surface area contributed by atoms with E-state index in [1.807, 2.05) is 36.4 Å². The number of carbonyl (C=O) groups is 1. The van der Waals surface area contributed by atoms with Crippen molar-refractivity contribution in [1.82, 2.24) is 0 Å². The van der Waals surface area contributed by atoms with Gasteiger partial charge in [0, 0.05) is 6.26 Å². The fourth-order valence-electron chi connectivity index (χ4n) is 2.61. The Hall–Kier alpha value is -2.57. The number of hydrogen-bond donors (Lipinski definition) is 0. The van der Waals surface area contributed by atoms with Crippen LogP contribution in [-0.4, -0.2) is 27.8 Å². The monoisotopic (exact) mass is 404 g/mol. The average Bonchev–Trinajstić information content (AvgIpc) is 2.64. The predicted octanol–water partition coefficient (Wildman–Crippen LogP) is 4.26. The van der Waals surface area contributed by atoms with Gasteiger partial charge in [-0.05, 0) is 52.7 Å². The first kappa shape index (κ1) is 19.2. The maximum atomic E-state index is 12.3. The molecule has 0 aliphatic heterocycles. The predicted molar refractivity (Wildman–Crippen MR) is 104 cm³/mol. The molecule has 0 spiro atoms. The van der Waals surface area contributed by atoms with E-state index in [2.05, 4.69) is 0 Å². The van der Waals surface area contributed by atoms with Gasteiger partial charge >= 0.3 is 5.97 Å². The summed E-state index contributed by atoms with van der Waals surface area (Å²) in [4.78, 5) is 12.4. The van der Waals surface area contributed by atoms with E-state index in [1.54, 1.807) is 7.11 Å². The van der Waals surface area contributed by atoms with E-state index in [-0.39, 0.29) is 22.1 Å². The van der Waals surface area contributed by atoms with Crippen molar-refractivity contribution in [2.45, 2.75) is 11.5 Å². The fraction of sp³-hybridized carbons (Fsp3) is 0.150. The highest BCUT2D eigenvalue weighted by molar-refractivity contribution is 7.90. The van der Waals surface area contributed by atoms with Crippen LogP contribution in [0.2, 0.25) is 5.02 Å². The molecule has 0 aromatic heterocycles. The number of benzene rings is 3. The lowest BCUT2D eigenvalue weighted by Gasteiger charge is -2.09. The van der Waals surface area contributed by atoms with Gasteiger partial charge in [0.15, 0.2) is 9.84 Å². The molecule has 0 aliphatic rings. The van der Waals surface area contributed by atoms with Crippen molar-refractivity contribution < 1.29 is 22.7 Å². The molecule has 0 aliphatic carbocycles. The zero-order chi connectivity index (χ0) is 19.6. The van der Waals surface area contributed by atoms with Gasteiger partial charge in [-0.25, -0.2) is 13.2 Å². The summed E-state index contributed by atoms with van der Waals surface area (Å²) in [6.45, 7) is 0.0419. The number of methoxy groups -OCH3 is 1. The van der Waals surface area contributed by atoms with Gasteiger partial charge in [-0.15, -0.1) is 0 Å². The minimum absolute atomic E-state index is 0.0125. The van der Waals surface area contributed by atoms with Gasteiger partial charge in [0.05, 0.1) is 22.6 Å². The SMILES string of the molecule is COc1ccc2cc(COC(=O)c3cc(S(C)(=O)=O)ccc3Cl)ccc2c1. The van der Waals surface area contributed by atoms with E-state index in [4.69, 9.17) is 21.1 Å². The van der Waals surface area contributed by atoms with Gasteiger partial charge in [-0.2, -0.15) is 0 Å². The number of carbonyl (C=O) groups excluding carboxylic acids is 1. The Morgan fingerprint density at radius 1 is 1.00 bits per heavy atom. The Balaban J connectivity index is 1.78. The molecule has 0 unspecified atom stereocenters. The van der Waals surface area contributed by atoms with Crippen LogP contribution in [0.3, 0.4) is 0 Å². The van der Waals surface area contributed by atoms with Gasteiger partial charge in [0.2, 0.25) is 0 Å². The van der Waals surface area contributed by atoms with E-state index in [1.165, 1.54) is 18.2 Å². The van der Waals surface area contributed by atoms with Crippen molar-refractivity contribution >= 4 is 38.2 Å². The van der Waals surface area contributed by atoms with E-state index >= 15 is 0 Å². The van der Waals surface area contributed by atoms with E-state index < -0.39 is 15.8 Å². The molecule has 3 rings (SSSR count). The van der Waals surface area contributed by atoms with Crippen molar-refractivity contribution in [2.75, 3.05) is 13.4 Å². The van der Waals surface area contributed by atoms with Gasteiger partial charge in [-0.3, -0.25) is 0 Å². The van der Waals surface area contributed by atoms with E-state index in [9.17, 15) is 13.2 Å². The summed E-state index contributed by atoms with van der Waals surface area (Å²) in [5.41, 5.74) is 0.821. The molecular weight excluding hydrogens is 388 g/mol. The Kier molecular flexibility index (Phi) is 5.39. The molecule has 27 heavy (non-hydrogen) atoms. The van der Waals surface area contributed by atoms with Crippen molar-refractivity contribution in [3.05, 3.63) is 70.7 Å². The normalized spacial score (nSPS) is 11.4. The van der Waals surface area contributed by atoms with Gasteiger partial charge in [-0.1, -0.05) is 29.8 Å². The van der Waals surface area contributed by atoms with Gasteiger partial charge in [0.1, 0.15) is 12.4 Å². The summed E-state index contributed by atoms with van der Waals surface area (Å²) in [6, 6.07) is 15.3. The average molecular weight is 405 g/mol. The highest BCUT2D eigenvalue weighted by atomic mass is 35.5.